The van der Waals surface area contributed by atoms with Crippen molar-refractivity contribution in [2.24, 2.45) is 7.05 Å². The molecular formula is C24H25F3N4. The summed E-state index contributed by atoms with van der Waals surface area (Å²) in [7, 11) is 4.04. The van der Waals surface area contributed by atoms with Gasteiger partial charge in [-0.25, -0.2) is 4.98 Å². The van der Waals surface area contributed by atoms with Crippen molar-refractivity contribution in [1.82, 2.24) is 14.5 Å². The van der Waals surface area contributed by atoms with Crippen molar-refractivity contribution in [2.45, 2.75) is 38.4 Å². The number of hydrogen-bond donors (Lipinski definition) is 0. The van der Waals surface area contributed by atoms with E-state index in [9.17, 15) is 13.2 Å². The first kappa shape index (κ1) is 21.2. The highest BCUT2D eigenvalue weighted by Gasteiger charge is 2.32. The van der Waals surface area contributed by atoms with Gasteiger partial charge in [-0.2, -0.15) is 13.2 Å². The Bertz CT molecular complexity index is 1240. The lowest BCUT2D eigenvalue weighted by Gasteiger charge is -2.39. The summed E-state index contributed by atoms with van der Waals surface area (Å²) in [4.78, 5) is 10.5. The molecule has 0 amide bonds. The fraction of sp³-hybridized carbons (Fsp3) is 0.333. The number of halogens is 3. The molecule has 1 unspecified atom stereocenters. The van der Waals surface area contributed by atoms with E-state index in [2.05, 4.69) is 47.9 Å². The molecule has 4 nitrogen and oxygen atoms in total. The lowest BCUT2D eigenvalue weighted by Crippen LogP contribution is -2.48. The largest absolute Gasteiger partial charge is 0.417 e. The number of nitrogens with zero attached hydrogens (tertiary/aromatic N) is 4. The van der Waals surface area contributed by atoms with Crippen LogP contribution in [0.1, 0.15) is 31.4 Å². The van der Waals surface area contributed by atoms with Gasteiger partial charge in [-0.05, 0) is 55.2 Å². The second-order valence-corrected chi connectivity index (χ2v) is 8.25. The van der Waals surface area contributed by atoms with E-state index in [0.717, 1.165) is 52.6 Å². The molecule has 4 rings (SSSR count). The van der Waals surface area contributed by atoms with Crippen LogP contribution in [0.3, 0.4) is 0 Å². The SMILES string of the molecule is CCc1cc(-c2cncc(C(F)(F)F)c2)ccc1N(C)C1(C)C=c2c(ncn2C)=CC1. The van der Waals surface area contributed by atoms with E-state index in [1.807, 2.05) is 36.1 Å². The molecule has 0 saturated heterocycles. The summed E-state index contributed by atoms with van der Waals surface area (Å²) in [5, 5.41) is 2.08. The van der Waals surface area contributed by atoms with E-state index in [4.69, 9.17) is 0 Å². The van der Waals surface area contributed by atoms with Crippen LogP contribution in [-0.4, -0.2) is 27.1 Å². The molecule has 31 heavy (non-hydrogen) atoms. The normalized spacial score (nSPS) is 18.2. The number of aromatic nitrogens is 3. The van der Waals surface area contributed by atoms with Gasteiger partial charge in [-0.15, -0.1) is 0 Å². The Labute approximate surface area is 179 Å². The molecule has 1 atom stereocenters. The van der Waals surface area contributed by atoms with Gasteiger partial charge in [-0.1, -0.05) is 19.1 Å². The van der Waals surface area contributed by atoms with Crippen LogP contribution in [0.5, 0.6) is 0 Å². The smallest absolute Gasteiger partial charge is 0.365 e. The molecule has 2 aromatic heterocycles. The van der Waals surface area contributed by atoms with Gasteiger partial charge in [0, 0.05) is 37.7 Å². The van der Waals surface area contributed by atoms with Crippen molar-refractivity contribution in [3.8, 4) is 11.1 Å². The third kappa shape index (κ3) is 3.84. The molecule has 1 aliphatic carbocycles. The maximum absolute atomic E-state index is 13.1. The number of fused-ring (bicyclic) bond motifs is 1. The molecule has 1 aliphatic rings. The summed E-state index contributed by atoms with van der Waals surface area (Å²) >= 11 is 0. The van der Waals surface area contributed by atoms with Gasteiger partial charge in [-0.3, -0.25) is 4.98 Å². The molecule has 7 heteroatoms. The third-order valence-electron chi connectivity index (χ3n) is 6.16. The molecule has 162 valence electrons. The molecule has 0 bridgehead atoms. The number of anilines is 1. The van der Waals surface area contributed by atoms with Crippen molar-refractivity contribution in [1.29, 1.82) is 0 Å². The fourth-order valence-corrected chi connectivity index (χ4v) is 4.08. The molecule has 0 fully saturated rings. The van der Waals surface area contributed by atoms with Crippen LogP contribution in [0, 0.1) is 0 Å². The minimum atomic E-state index is -4.41. The molecule has 0 aliphatic heterocycles. The Morgan fingerprint density at radius 1 is 1.16 bits per heavy atom. The van der Waals surface area contributed by atoms with E-state index in [1.54, 1.807) is 0 Å². The first-order chi connectivity index (χ1) is 14.6. The quantitative estimate of drug-likeness (QED) is 0.634. The number of imidazole rings is 1. The molecule has 0 saturated carbocycles. The van der Waals surface area contributed by atoms with Gasteiger partial charge in [0.2, 0.25) is 0 Å². The number of aryl methyl sites for hydroxylation is 2. The van der Waals surface area contributed by atoms with Crippen LogP contribution in [-0.2, 0) is 19.6 Å². The Morgan fingerprint density at radius 3 is 2.65 bits per heavy atom. The van der Waals surface area contributed by atoms with Crippen LogP contribution in [0.25, 0.3) is 23.3 Å². The van der Waals surface area contributed by atoms with Crippen LogP contribution in [0.4, 0.5) is 18.9 Å². The van der Waals surface area contributed by atoms with E-state index in [0.29, 0.717) is 5.56 Å². The molecule has 3 aromatic rings. The third-order valence-corrected chi connectivity index (χ3v) is 6.16. The van der Waals surface area contributed by atoms with Crippen LogP contribution in [0.2, 0.25) is 0 Å². The van der Waals surface area contributed by atoms with Crippen LogP contribution >= 0.6 is 0 Å². The molecular weight excluding hydrogens is 401 g/mol. The van der Waals surface area contributed by atoms with Crippen molar-refractivity contribution in [3.63, 3.8) is 0 Å². The number of hydrogen-bond acceptors (Lipinski definition) is 3. The Hall–Kier alpha value is -3.09. The van der Waals surface area contributed by atoms with E-state index in [-0.39, 0.29) is 5.54 Å². The predicted octanol–water partition coefficient (Wildman–Crippen LogP) is 3.92. The van der Waals surface area contributed by atoms with E-state index in [1.165, 1.54) is 6.20 Å². The van der Waals surface area contributed by atoms with Gasteiger partial charge in [0.25, 0.3) is 0 Å². The van der Waals surface area contributed by atoms with Gasteiger partial charge in [0.05, 0.1) is 28.1 Å². The van der Waals surface area contributed by atoms with Crippen LogP contribution in [0.15, 0.2) is 43.0 Å². The summed E-state index contributed by atoms with van der Waals surface area (Å²) in [6.45, 7) is 4.24. The minimum absolute atomic E-state index is 0.246. The maximum Gasteiger partial charge on any atom is 0.417 e. The number of pyridine rings is 1. The lowest BCUT2D eigenvalue weighted by molar-refractivity contribution is -0.137. The van der Waals surface area contributed by atoms with Crippen molar-refractivity contribution < 1.29 is 13.2 Å². The molecule has 1 aromatic carbocycles. The fourth-order valence-electron chi connectivity index (χ4n) is 4.08. The Kier molecular flexibility index (Phi) is 5.15. The summed E-state index contributed by atoms with van der Waals surface area (Å²) in [6, 6.07) is 6.98. The highest BCUT2D eigenvalue weighted by atomic mass is 19.4. The highest BCUT2D eigenvalue weighted by molar-refractivity contribution is 5.71. The summed E-state index contributed by atoms with van der Waals surface area (Å²) in [5.41, 5.74) is 2.33. The molecule has 0 spiro atoms. The summed E-state index contributed by atoms with van der Waals surface area (Å²) in [6.07, 6.45) is 5.70. The monoisotopic (exact) mass is 426 g/mol. The van der Waals surface area contributed by atoms with Crippen molar-refractivity contribution in [3.05, 3.63) is 64.8 Å². The highest BCUT2D eigenvalue weighted by Crippen LogP contribution is 2.35. The maximum atomic E-state index is 13.1. The topological polar surface area (TPSA) is 34.0 Å². The molecule has 0 N–H and O–H groups in total. The standard InChI is InChI=1S/C24H25F3N4/c1-5-16-10-17(18-11-19(14-28-13-18)24(25,26)27)6-7-21(16)31(4)23(2)9-8-20-22(12-23)30(3)15-29-20/h6-8,10-15H,5,9H2,1-4H3. The minimum Gasteiger partial charge on any atom is -0.365 e. The number of benzene rings is 1. The summed E-state index contributed by atoms with van der Waals surface area (Å²) < 4.78 is 41.3. The lowest BCUT2D eigenvalue weighted by atomic mass is 9.90. The predicted molar refractivity (Wildman–Crippen MR) is 117 cm³/mol. The van der Waals surface area contributed by atoms with Crippen molar-refractivity contribution >= 4 is 17.8 Å². The molecule has 0 radical (unpaired) electrons. The average molecular weight is 426 g/mol. The van der Waals surface area contributed by atoms with Gasteiger partial charge in [0.15, 0.2) is 0 Å². The first-order valence-corrected chi connectivity index (χ1v) is 10.2. The second kappa shape index (κ2) is 7.55. The zero-order valence-corrected chi connectivity index (χ0v) is 18.0. The average Bonchev–Trinajstić information content (AvgIpc) is 3.12. The number of alkyl halides is 3. The zero-order valence-electron chi connectivity index (χ0n) is 18.0. The van der Waals surface area contributed by atoms with Gasteiger partial charge in [0.1, 0.15) is 0 Å². The van der Waals surface area contributed by atoms with Crippen LogP contribution < -0.4 is 15.6 Å². The summed E-state index contributed by atoms with van der Waals surface area (Å²) in [5.74, 6) is 0. The Balaban J connectivity index is 1.73. The number of rotatable bonds is 4. The van der Waals surface area contributed by atoms with E-state index >= 15 is 0 Å². The van der Waals surface area contributed by atoms with Gasteiger partial charge < -0.3 is 9.47 Å². The zero-order chi connectivity index (χ0) is 22.4. The second-order valence-electron chi connectivity index (χ2n) is 8.25. The first-order valence-electron chi connectivity index (χ1n) is 10.2. The molecule has 2 heterocycles. The van der Waals surface area contributed by atoms with Crippen molar-refractivity contribution in [2.75, 3.05) is 11.9 Å². The van der Waals surface area contributed by atoms with E-state index < -0.39 is 11.7 Å². The van der Waals surface area contributed by atoms with Gasteiger partial charge >= 0.3 is 6.18 Å². The Morgan fingerprint density at radius 2 is 1.94 bits per heavy atom.